The van der Waals surface area contributed by atoms with E-state index >= 15 is 0 Å². The summed E-state index contributed by atoms with van der Waals surface area (Å²) in [5, 5.41) is 0. The number of rotatable bonds is 0. The van der Waals surface area contributed by atoms with Gasteiger partial charge in [0.25, 0.3) is 0 Å². The summed E-state index contributed by atoms with van der Waals surface area (Å²) >= 11 is 0. The predicted molar refractivity (Wildman–Crippen MR) is 20.2 cm³/mol. The third-order valence-corrected chi connectivity index (χ3v) is 0. The Labute approximate surface area is 60.0 Å². The van der Waals surface area contributed by atoms with Gasteiger partial charge in [-0.15, -0.1) is 0 Å². The minimum absolute atomic E-state index is 0. The molecule has 0 amide bonds. The minimum atomic E-state index is 0. The first kappa shape index (κ1) is 294. The van der Waals surface area contributed by atoms with Crippen LogP contribution in [-0.4, -0.2) is 30.3 Å². The summed E-state index contributed by atoms with van der Waals surface area (Å²) in [6.07, 6.45) is 0. The average molecular weight is 106 g/mol. The van der Waals surface area contributed by atoms with E-state index in [1.807, 2.05) is 0 Å². The molecule has 0 saturated heterocycles. The van der Waals surface area contributed by atoms with E-state index in [1.54, 1.807) is 0 Å². The maximum atomic E-state index is 0. The van der Waals surface area contributed by atoms with E-state index in [4.69, 9.17) is 0 Å². The Balaban J connectivity index is 0. The summed E-state index contributed by atoms with van der Waals surface area (Å²) in [6.45, 7) is 0. The van der Waals surface area contributed by atoms with Gasteiger partial charge in [0, 0.05) is 0 Å². The van der Waals surface area contributed by atoms with E-state index in [1.165, 1.54) is 0 Å². The Morgan fingerprint density at radius 2 is 0.500 bits per heavy atom. The van der Waals surface area contributed by atoms with E-state index in [9.17, 15) is 0 Å². The zero-order valence-corrected chi connectivity index (χ0v) is 5.58. The molecule has 0 aliphatic carbocycles. The van der Waals surface area contributed by atoms with Gasteiger partial charge in [-0.1, -0.05) is 0 Å². The first-order chi connectivity index (χ1) is 0. The first-order valence-corrected chi connectivity index (χ1v) is 0. The normalized spacial score (nSPS) is 0. The molecule has 0 atom stereocenters. The zero-order valence-electron chi connectivity index (χ0n) is 3.58. The summed E-state index contributed by atoms with van der Waals surface area (Å²) in [7, 11) is 0. The number of hydrogen-bond donors (Lipinski definition) is 0. The Bertz CT molecular complexity index is 7.51. The van der Waals surface area contributed by atoms with Crippen molar-refractivity contribution in [3.8, 4) is 0 Å². The van der Waals surface area contributed by atoms with Crippen LogP contribution in [0.2, 0.25) is 0 Å². The van der Waals surface area contributed by atoms with Gasteiger partial charge in [0.15, 0.2) is 0 Å². The molecule has 8 N–H and O–H groups in total. The second-order valence-corrected chi connectivity index (χ2v) is 0. The van der Waals surface area contributed by atoms with Crippen molar-refractivity contribution in [2.24, 2.45) is 0 Å². The van der Waals surface area contributed by atoms with Crippen molar-refractivity contribution in [3.63, 3.8) is 0 Å². The molecular formula is H8BNaO4. The van der Waals surface area contributed by atoms with Gasteiger partial charge >= 0.3 is 29.6 Å². The smallest absolute Gasteiger partial charge is 1.00 e. The molecule has 0 fully saturated rings. The van der Waals surface area contributed by atoms with Crippen LogP contribution in [0, 0.1) is 0 Å². The fourth-order valence-electron chi connectivity index (χ4n) is 0. The largest absolute Gasteiger partial charge is 1.00 e. The Morgan fingerprint density at radius 1 is 0.500 bits per heavy atom. The molecule has 0 aliphatic rings. The van der Waals surface area contributed by atoms with E-state index in [2.05, 4.69) is 0 Å². The quantitative estimate of drug-likeness (QED) is 0.272. The van der Waals surface area contributed by atoms with Crippen molar-refractivity contribution >= 4 is 8.41 Å². The Kier molecular flexibility index (Phi) is 8500. The molecule has 4 nitrogen and oxygen atoms in total. The molecule has 0 saturated carbocycles. The molecule has 0 heterocycles. The SMILES string of the molecule is O.O.O.O.[B-].[Na+]. The van der Waals surface area contributed by atoms with Crippen molar-refractivity contribution < 1.29 is 51.5 Å². The van der Waals surface area contributed by atoms with Crippen molar-refractivity contribution in [2.45, 2.75) is 0 Å². The Morgan fingerprint density at radius 3 is 0.500 bits per heavy atom. The van der Waals surface area contributed by atoms with Gasteiger partial charge in [-0.3, -0.25) is 0 Å². The molecule has 0 aromatic rings. The van der Waals surface area contributed by atoms with Crippen molar-refractivity contribution in [2.75, 3.05) is 0 Å². The molecule has 0 aromatic carbocycles. The summed E-state index contributed by atoms with van der Waals surface area (Å²) in [6, 6.07) is 0. The van der Waals surface area contributed by atoms with Crippen LogP contribution >= 0.6 is 0 Å². The van der Waals surface area contributed by atoms with Crippen LogP contribution in [0.4, 0.5) is 0 Å². The van der Waals surface area contributed by atoms with E-state index in [-0.39, 0.29) is 59.9 Å². The average Bonchev–Trinajstić information content (AvgIpc) is 0. The second kappa shape index (κ2) is 173. The molecule has 0 rings (SSSR count). The molecule has 0 aliphatic heterocycles. The van der Waals surface area contributed by atoms with E-state index < -0.39 is 0 Å². The van der Waals surface area contributed by atoms with E-state index in [0.29, 0.717) is 0 Å². The fraction of sp³-hybridized carbons (Fsp3) is 0. The maximum Gasteiger partial charge on any atom is 1.00 e. The maximum absolute atomic E-state index is 0. The predicted octanol–water partition coefficient (Wildman–Crippen LogP) is -6.68. The van der Waals surface area contributed by atoms with Crippen molar-refractivity contribution in [1.82, 2.24) is 0 Å². The molecule has 4 radical (unpaired) electrons. The van der Waals surface area contributed by atoms with Gasteiger partial charge in [-0.05, 0) is 0 Å². The molecule has 0 unspecified atom stereocenters. The van der Waals surface area contributed by atoms with Crippen molar-refractivity contribution in [1.29, 1.82) is 0 Å². The van der Waals surface area contributed by atoms with Crippen LogP contribution in [0.15, 0.2) is 0 Å². The third-order valence-electron chi connectivity index (χ3n) is 0. The molecule has 6 heavy (non-hydrogen) atoms. The van der Waals surface area contributed by atoms with Gasteiger partial charge in [-0.2, -0.15) is 0 Å². The molecule has 0 bridgehead atoms. The molecular weight excluding hydrogens is 97.8 g/mol. The van der Waals surface area contributed by atoms with Crippen LogP contribution in [0.5, 0.6) is 0 Å². The van der Waals surface area contributed by atoms with Gasteiger partial charge < -0.3 is 30.3 Å². The molecule has 6 heteroatoms. The summed E-state index contributed by atoms with van der Waals surface area (Å²) in [4.78, 5) is 0. The monoisotopic (exact) mass is 106 g/mol. The summed E-state index contributed by atoms with van der Waals surface area (Å²) in [5.74, 6) is 0. The molecule has 36 valence electrons. The topological polar surface area (TPSA) is 126 Å². The van der Waals surface area contributed by atoms with Crippen LogP contribution in [0.1, 0.15) is 0 Å². The van der Waals surface area contributed by atoms with Crippen molar-refractivity contribution in [3.05, 3.63) is 0 Å². The van der Waals surface area contributed by atoms with Crippen LogP contribution in [-0.2, 0) is 0 Å². The first-order valence-electron chi connectivity index (χ1n) is 0. The Hall–Kier alpha value is 0.905. The van der Waals surface area contributed by atoms with Gasteiger partial charge in [0.05, 0.1) is 0 Å². The van der Waals surface area contributed by atoms with Crippen LogP contribution in [0.25, 0.3) is 0 Å². The minimum Gasteiger partial charge on any atom is -1.00 e. The summed E-state index contributed by atoms with van der Waals surface area (Å²) in [5.41, 5.74) is 0. The van der Waals surface area contributed by atoms with Gasteiger partial charge in [0.2, 0.25) is 0 Å². The van der Waals surface area contributed by atoms with Crippen LogP contribution in [0.3, 0.4) is 0 Å². The number of hydrogen-bond acceptors (Lipinski definition) is 0. The van der Waals surface area contributed by atoms with E-state index in [0.717, 1.165) is 0 Å². The fourth-order valence-corrected chi connectivity index (χ4v) is 0. The molecule has 0 aromatic heterocycles. The second-order valence-electron chi connectivity index (χ2n) is 0. The van der Waals surface area contributed by atoms with Gasteiger partial charge in [-0.25, -0.2) is 0 Å². The molecule has 0 spiro atoms. The van der Waals surface area contributed by atoms with Gasteiger partial charge in [0.1, 0.15) is 0 Å². The standard InChI is InChI=1S/B.Na.4H2O/h;;4*1H2/q-1;+1;;;;. The van der Waals surface area contributed by atoms with Crippen LogP contribution < -0.4 is 29.6 Å². The zero-order chi connectivity index (χ0) is 0. The third kappa shape index (κ3) is 91.3. The summed E-state index contributed by atoms with van der Waals surface area (Å²) < 4.78 is 0.